The fourth-order valence-corrected chi connectivity index (χ4v) is 2.61. The van der Waals surface area contributed by atoms with Gasteiger partial charge in [-0.05, 0) is 48.9 Å². The molecule has 110 valence electrons. The van der Waals surface area contributed by atoms with E-state index in [1.807, 2.05) is 26.8 Å². The molecule has 4 nitrogen and oxygen atoms in total. The molecule has 2 aromatic rings. The van der Waals surface area contributed by atoms with Crippen molar-refractivity contribution < 1.29 is 14.3 Å². The van der Waals surface area contributed by atoms with Crippen LogP contribution >= 0.6 is 11.8 Å². The molecule has 2 rings (SSSR count). The van der Waals surface area contributed by atoms with Crippen molar-refractivity contribution in [1.29, 1.82) is 0 Å². The van der Waals surface area contributed by atoms with Crippen molar-refractivity contribution in [2.24, 2.45) is 0 Å². The second-order valence-electron chi connectivity index (χ2n) is 4.92. The van der Waals surface area contributed by atoms with Crippen LogP contribution in [0.4, 0.5) is 4.39 Å². The molecule has 6 heteroatoms. The standard InChI is InChI=1S/C15H15FN2O2S/c1-8(2)13-6-9(3)17-15(18-13)21-10-4-5-12(16)11(7-10)14(19)20/h4-8H,1-3H3,(H,19,20). The van der Waals surface area contributed by atoms with E-state index < -0.39 is 11.8 Å². The van der Waals surface area contributed by atoms with Crippen LogP contribution in [0.1, 0.15) is 41.5 Å². The van der Waals surface area contributed by atoms with Gasteiger partial charge in [-0.15, -0.1) is 0 Å². The number of hydrogen-bond donors (Lipinski definition) is 1. The summed E-state index contributed by atoms with van der Waals surface area (Å²) >= 11 is 1.22. The number of aromatic carboxylic acids is 1. The average molecular weight is 306 g/mol. The van der Waals surface area contributed by atoms with Crippen LogP contribution in [0.15, 0.2) is 34.3 Å². The smallest absolute Gasteiger partial charge is 0.338 e. The maximum Gasteiger partial charge on any atom is 0.338 e. The van der Waals surface area contributed by atoms with Gasteiger partial charge < -0.3 is 5.11 Å². The Morgan fingerprint density at radius 3 is 2.62 bits per heavy atom. The van der Waals surface area contributed by atoms with E-state index in [9.17, 15) is 9.18 Å². The minimum atomic E-state index is -1.29. The molecule has 1 aromatic carbocycles. The Morgan fingerprint density at radius 2 is 2.00 bits per heavy atom. The third kappa shape index (κ3) is 3.78. The number of aromatic nitrogens is 2. The molecule has 1 heterocycles. The molecule has 0 aliphatic carbocycles. The fourth-order valence-electron chi connectivity index (χ4n) is 1.74. The van der Waals surface area contributed by atoms with E-state index in [4.69, 9.17) is 5.11 Å². The van der Waals surface area contributed by atoms with Crippen LogP contribution in [0, 0.1) is 12.7 Å². The highest BCUT2D eigenvalue weighted by Gasteiger charge is 2.13. The fraction of sp³-hybridized carbons (Fsp3) is 0.267. The highest BCUT2D eigenvalue weighted by molar-refractivity contribution is 7.99. The monoisotopic (exact) mass is 306 g/mol. The molecule has 0 bridgehead atoms. The molecule has 0 spiro atoms. The Morgan fingerprint density at radius 1 is 1.29 bits per heavy atom. The molecule has 0 aliphatic rings. The third-order valence-corrected chi connectivity index (χ3v) is 3.68. The van der Waals surface area contributed by atoms with Crippen molar-refractivity contribution in [3.05, 3.63) is 47.0 Å². The number of carbonyl (C=O) groups is 1. The summed E-state index contributed by atoms with van der Waals surface area (Å²) in [4.78, 5) is 20.3. The molecule has 0 radical (unpaired) electrons. The van der Waals surface area contributed by atoms with E-state index in [0.717, 1.165) is 17.5 Å². The highest BCUT2D eigenvalue weighted by Crippen LogP contribution is 2.28. The first-order valence-corrected chi connectivity index (χ1v) is 7.24. The number of carboxylic acids is 1. The van der Waals surface area contributed by atoms with Gasteiger partial charge >= 0.3 is 5.97 Å². The Balaban J connectivity index is 2.34. The second-order valence-corrected chi connectivity index (χ2v) is 5.96. The first-order chi connectivity index (χ1) is 9.86. The van der Waals surface area contributed by atoms with Gasteiger partial charge in [-0.2, -0.15) is 0 Å². The first-order valence-electron chi connectivity index (χ1n) is 6.43. The van der Waals surface area contributed by atoms with E-state index in [1.54, 1.807) is 0 Å². The second kappa shape index (κ2) is 6.22. The maximum absolute atomic E-state index is 13.4. The summed E-state index contributed by atoms with van der Waals surface area (Å²) in [6, 6.07) is 5.88. The van der Waals surface area contributed by atoms with Crippen LogP contribution in [-0.4, -0.2) is 21.0 Å². The minimum Gasteiger partial charge on any atom is -0.478 e. The lowest BCUT2D eigenvalue weighted by Crippen LogP contribution is -2.01. The summed E-state index contributed by atoms with van der Waals surface area (Å²) in [5, 5.41) is 9.47. The molecule has 0 amide bonds. The van der Waals surface area contributed by atoms with Gasteiger partial charge in [0.05, 0.1) is 5.56 Å². The van der Waals surface area contributed by atoms with Crippen molar-refractivity contribution in [3.8, 4) is 0 Å². The van der Waals surface area contributed by atoms with Crippen LogP contribution in [0.3, 0.4) is 0 Å². The molecule has 1 N–H and O–H groups in total. The highest BCUT2D eigenvalue weighted by atomic mass is 32.2. The predicted octanol–water partition coefficient (Wildman–Crippen LogP) is 3.90. The number of carboxylic acid groups (broad SMARTS) is 1. The third-order valence-electron chi connectivity index (χ3n) is 2.82. The number of nitrogens with zero attached hydrogens (tertiary/aromatic N) is 2. The molecule has 21 heavy (non-hydrogen) atoms. The van der Waals surface area contributed by atoms with Crippen LogP contribution in [-0.2, 0) is 0 Å². The Kier molecular flexibility index (Phi) is 4.57. The molecule has 1 aromatic heterocycles. The Bertz CT molecular complexity index is 689. The zero-order valence-electron chi connectivity index (χ0n) is 11.9. The van der Waals surface area contributed by atoms with E-state index in [-0.39, 0.29) is 11.5 Å². The van der Waals surface area contributed by atoms with E-state index in [2.05, 4.69) is 9.97 Å². The van der Waals surface area contributed by atoms with Gasteiger partial charge in [0.15, 0.2) is 5.16 Å². The zero-order valence-corrected chi connectivity index (χ0v) is 12.7. The molecule has 0 aliphatic heterocycles. The van der Waals surface area contributed by atoms with Crippen molar-refractivity contribution in [1.82, 2.24) is 9.97 Å². The molecule has 0 atom stereocenters. The van der Waals surface area contributed by atoms with Crippen molar-refractivity contribution in [2.75, 3.05) is 0 Å². The minimum absolute atomic E-state index is 0.272. The zero-order chi connectivity index (χ0) is 15.6. The summed E-state index contributed by atoms with van der Waals surface area (Å²) in [6.07, 6.45) is 0. The normalized spacial score (nSPS) is 10.9. The Labute approximate surface area is 126 Å². The average Bonchev–Trinajstić information content (AvgIpc) is 2.40. The molecular weight excluding hydrogens is 291 g/mol. The summed E-state index contributed by atoms with van der Waals surface area (Å²) in [7, 11) is 0. The summed E-state index contributed by atoms with van der Waals surface area (Å²) in [5.41, 5.74) is 1.42. The quantitative estimate of drug-likeness (QED) is 0.868. The summed E-state index contributed by atoms with van der Waals surface area (Å²) in [5.74, 6) is -1.77. The van der Waals surface area contributed by atoms with E-state index in [1.165, 1.54) is 23.9 Å². The van der Waals surface area contributed by atoms with Crippen molar-refractivity contribution >= 4 is 17.7 Å². The maximum atomic E-state index is 13.4. The lowest BCUT2D eigenvalue weighted by molar-refractivity contribution is 0.0691. The van der Waals surface area contributed by atoms with E-state index >= 15 is 0 Å². The van der Waals surface area contributed by atoms with Crippen molar-refractivity contribution in [2.45, 2.75) is 36.7 Å². The van der Waals surface area contributed by atoms with Crippen LogP contribution in [0.5, 0.6) is 0 Å². The van der Waals surface area contributed by atoms with E-state index in [0.29, 0.717) is 10.1 Å². The topological polar surface area (TPSA) is 63.1 Å². The molecule has 0 saturated heterocycles. The molecule has 0 fully saturated rings. The SMILES string of the molecule is Cc1cc(C(C)C)nc(Sc2ccc(F)c(C(=O)O)c2)n1. The van der Waals surface area contributed by atoms with Gasteiger partial charge in [-0.1, -0.05) is 13.8 Å². The van der Waals surface area contributed by atoms with Gasteiger partial charge in [0, 0.05) is 16.3 Å². The largest absolute Gasteiger partial charge is 0.478 e. The van der Waals surface area contributed by atoms with Crippen LogP contribution < -0.4 is 0 Å². The van der Waals surface area contributed by atoms with Crippen LogP contribution in [0.25, 0.3) is 0 Å². The van der Waals surface area contributed by atoms with Gasteiger partial charge in [0.2, 0.25) is 0 Å². The number of rotatable bonds is 4. The lowest BCUT2D eigenvalue weighted by atomic mass is 10.1. The van der Waals surface area contributed by atoms with Gasteiger partial charge in [0.1, 0.15) is 5.82 Å². The van der Waals surface area contributed by atoms with Gasteiger partial charge in [0.25, 0.3) is 0 Å². The number of aryl methyl sites for hydroxylation is 1. The lowest BCUT2D eigenvalue weighted by Gasteiger charge is -2.08. The number of halogens is 1. The predicted molar refractivity (Wildman–Crippen MR) is 78.3 cm³/mol. The molecule has 0 saturated carbocycles. The molecular formula is C15H15FN2O2S. The van der Waals surface area contributed by atoms with Crippen LogP contribution in [0.2, 0.25) is 0 Å². The van der Waals surface area contributed by atoms with Gasteiger partial charge in [-0.3, -0.25) is 0 Å². The van der Waals surface area contributed by atoms with Gasteiger partial charge in [-0.25, -0.2) is 19.2 Å². The van der Waals surface area contributed by atoms with Crippen molar-refractivity contribution in [3.63, 3.8) is 0 Å². The first kappa shape index (κ1) is 15.4. The molecule has 0 unspecified atom stereocenters. The summed E-state index contributed by atoms with van der Waals surface area (Å²) in [6.45, 7) is 5.96. The number of benzene rings is 1. The number of hydrogen-bond acceptors (Lipinski definition) is 4. The summed E-state index contributed by atoms with van der Waals surface area (Å²) < 4.78 is 13.4. The Hall–Kier alpha value is -1.95.